The molecule has 0 spiro atoms. The quantitative estimate of drug-likeness (QED) is 0.649. The smallest absolute Gasteiger partial charge is 0.319 e. The third-order valence-corrected chi connectivity index (χ3v) is 1.82. The van der Waals surface area contributed by atoms with Crippen molar-refractivity contribution >= 4 is 5.97 Å². The Labute approximate surface area is 82.3 Å². The Balaban J connectivity index is 2.34. The predicted molar refractivity (Wildman–Crippen MR) is 49.4 cm³/mol. The highest BCUT2D eigenvalue weighted by Gasteiger charge is 2.03. The molecular weight excluding hydrogens is 184 g/mol. The summed E-state index contributed by atoms with van der Waals surface area (Å²) < 4.78 is 6.39. The Morgan fingerprint density at radius 1 is 1.71 bits per heavy atom. The van der Waals surface area contributed by atoms with E-state index in [2.05, 4.69) is 20.3 Å². The number of aryl methyl sites for hydroxylation is 1. The largest absolute Gasteiger partial charge is 0.468 e. The summed E-state index contributed by atoms with van der Waals surface area (Å²) in [5.74, 6) is 0.531. The molecule has 1 aromatic heterocycles. The van der Waals surface area contributed by atoms with Crippen LogP contribution in [0.4, 0.5) is 0 Å². The standard InChI is InChI=1S/C8H14N4O2/c1-3-12-6-10-11-7(12)4-9-5-8(13)14-2/h6,9H,3-5H2,1-2H3. The highest BCUT2D eigenvalue weighted by molar-refractivity contribution is 5.71. The molecule has 0 aliphatic rings. The summed E-state index contributed by atoms with van der Waals surface area (Å²) in [5, 5.41) is 10.6. The van der Waals surface area contributed by atoms with Gasteiger partial charge in [-0.05, 0) is 6.92 Å². The molecule has 1 aromatic rings. The van der Waals surface area contributed by atoms with Gasteiger partial charge in [0.2, 0.25) is 0 Å². The van der Waals surface area contributed by atoms with E-state index in [4.69, 9.17) is 0 Å². The van der Waals surface area contributed by atoms with Crippen molar-refractivity contribution in [3.8, 4) is 0 Å². The fourth-order valence-electron chi connectivity index (χ4n) is 1.03. The van der Waals surface area contributed by atoms with Gasteiger partial charge < -0.3 is 9.30 Å². The van der Waals surface area contributed by atoms with E-state index >= 15 is 0 Å². The molecule has 0 aromatic carbocycles. The van der Waals surface area contributed by atoms with Crippen molar-refractivity contribution < 1.29 is 9.53 Å². The maximum absolute atomic E-state index is 10.8. The summed E-state index contributed by atoms with van der Waals surface area (Å²) in [4.78, 5) is 10.8. The first-order valence-electron chi connectivity index (χ1n) is 4.42. The maximum atomic E-state index is 10.8. The van der Waals surface area contributed by atoms with Gasteiger partial charge in [-0.2, -0.15) is 0 Å². The van der Waals surface area contributed by atoms with Gasteiger partial charge in [-0.25, -0.2) is 0 Å². The molecule has 0 radical (unpaired) electrons. The van der Waals surface area contributed by atoms with Crippen LogP contribution in [0.15, 0.2) is 6.33 Å². The van der Waals surface area contributed by atoms with Crippen LogP contribution in [0.2, 0.25) is 0 Å². The Morgan fingerprint density at radius 2 is 2.50 bits per heavy atom. The summed E-state index contributed by atoms with van der Waals surface area (Å²) in [5.41, 5.74) is 0. The number of carbonyl (C=O) groups excluding carboxylic acids is 1. The van der Waals surface area contributed by atoms with Crippen molar-refractivity contribution in [3.05, 3.63) is 12.2 Å². The molecule has 0 atom stereocenters. The minimum atomic E-state index is -0.285. The molecule has 0 aliphatic carbocycles. The zero-order valence-electron chi connectivity index (χ0n) is 8.36. The minimum Gasteiger partial charge on any atom is -0.468 e. The molecule has 0 aliphatic heterocycles. The van der Waals surface area contributed by atoms with Gasteiger partial charge >= 0.3 is 5.97 Å². The summed E-state index contributed by atoms with van der Waals surface area (Å²) in [6.07, 6.45) is 1.66. The lowest BCUT2D eigenvalue weighted by atomic mass is 10.5. The first-order valence-corrected chi connectivity index (χ1v) is 4.42. The zero-order chi connectivity index (χ0) is 10.4. The van der Waals surface area contributed by atoms with Gasteiger partial charge in [-0.1, -0.05) is 0 Å². The number of carbonyl (C=O) groups is 1. The van der Waals surface area contributed by atoms with Crippen LogP contribution in [0.25, 0.3) is 0 Å². The summed E-state index contributed by atoms with van der Waals surface area (Å²) in [6.45, 7) is 3.53. The number of methoxy groups -OCH3 is 1. The van der Waals surface area contributed by atoms with Gasteiger partial charge in [0.15, 0.2) is 0 Å². The Kier molecular flexibility index (Phi) is 4.06. The van der Waals surface area contributed by atoms with Crippen molar-refractivity contribution in [2.24, 2.45) is 0 Å². The van der Waals surface area contributed by atoms with E-state index in [1.807, 2.05) is 11.5 Å². The van der Waals surface area contributed by atoms with Crippen molar-refractivity contribution in [3.63, 3.8) is 0 Å². The molecule has 0 amide bonds. The topological polar surface area (TPSA) is 69.0 Å². The number of hydrogen-bond acceptors (Lipinski definition) is 5. The molecule has 0 bridgehead atoms. The van der Waals surface area contributed by atoms with Crippen molar-refractivity contribution in [2.45, 2.75) is 20.0 Å². The van der Waals surface area contributed by atoms with Crippen molar-refractivity contribution in [2.75, 3.05) is 13.7 Å². The van der Waals surface area contributed by atoms with Gasteiger partial charge in [0.25, 0.3) is 0 Å². The number of esters is 1. The number of aromatic nitrogens is 3. The molecule has 0 saturated carbocycles. The van der Waals surface area contributed by atoms with Gasteiger partial charge in [-0.15, -0.1) is 10.2 Å². The molecule has 1 heterocycles. The lowest BCUT2D eigenvalue weighted by Crippen LogP contribution is -2.24. The second kappa shape index (κ2) is 5.33. The summed E-state index contributed by atoms with van der Waals surface area (Å²) in [6, 6.07) is 0. The normalized spacial score (nSPS) is 10.1. The molecule has 0 unspecified atom stereocenters. The van der Waals surface area contributed by atoms with Crippen LogP contribution >= 0.6 is 0 Å². The first kappa shape index (κ1) is 10.6. The van der Waals surface area contributed by atoms with Gasteiger partial charge in [-0.3, -0.25) is 10.1 Å². The Bertz CT molecular complexity index is 297. The fourth-order valence-corrected chi connectivity index (χ4v) is 1.03. The number of nitrogens with one attached hydrogen (secondary N) is 1. The van der Waals surface area contributed by atoms with E-state index in [0.29, 0.717) is 6.54 Å². The maximum Gasteiger partial charge on any atom is 0.319 e. The lowest BCUT2D eigenvalue weighted by molar-refractivity contribution is -0.139. The second-order valence-corrected chi connectivity index (χ2v) is 2.71. The van der Waals surface area contributed by atoms with Crippen LogP contribution in [0.1, 0.15) is 12.7 Å². The third-order valence-electron chi connectivity index (χ3n) is 1.82. The Hall–Kier alpha value is -1.43. The van der Waals surface area contributed by atoms with E-state index in [0.717, 1.165) is 12.4 Å². The fraction of sp³-hybridized carbons (Fsp3) is 0.625. The average molecular weight is 198 g/mol. The average Bonchev–Trinajstić information content (AvgIpc) is 2.65. The van der Waals surface area contributed by atoms with Crippen LogP contribution in [-0.4, -0.2) is 34.4 Å². The molecule has 1 N–H and O–H groups in total. The minimum absolute atomic E-state index is 0.188. The van der Waals surface area contributed by atoms with E-state index in [-0.39, 0.29) is 12.5 Å². The van der Waals surface area contributed by atoms with Crippen molar-refractivity contribution in [1.82, 2.24) is 20.1 Å². The number of ether oxygens (including phenoxy) is 1. The molecule has 1 rings (SSSR count). The SMILES string of the molecule is CCn1cnnc1CNCC(=O)OC. The monoisotopic (exact) mass is 198 g/mol. The van der Waals surface area contributed by atoms with E-state index in [1.54, 1.807) is 6.33 Å². The first-order chi connectivity index (χ1) is 6.77. The summed E-state index contributed by atoms with van der Waals surface area (Å²) >= 11 is 0. The van der Waals surface area contributed by atoms with Gasteiger partial charge in [0.1, 0.15) is 12.2 Å². The highest BCUT2D eigenvalue weighted by atomic mass is 16.5. The molecule has 14 heavy (non-hydrogen) atoms. The number of nitrogens with zero attached hydrogens (tertiary/aromatic N) is 3. The van der Waals surface area contributed by atoms with Gasteiger partial charge in [0.05, 0.1) is 20.2 Å². The summed E-state index contributed by atoms with van der Waals surface area (Å²) in [7, 11) is 1.36. The highest BCUT2D eigenvalue weighted by Crippen LogP contribution is 1.93. The van der Waals surface area contributed by atoms with Crippen molar-refractivity contribution in [1.29, 1.82) is 0 Å². The predicted octanol–water partition coefficient (Wildman–Crippen LogP) is -0.439. The van der Waals surface area contributed by atoms with Crippen LogP contribution in [0, 0.1) is 0 Å². The number of rotatable bonds is 5. The third kappa shape index (κ3) is 2.81. The van der Waals surface area contributed by atoms with Gasteiger partial charge in [0, 0.05) is 6.54 Å². The van der Waals surface area contributed by atoms with E-state index in [1.165, 1.54) is 7.11 Å². The van der Waals surface area contributed by atoms with Crippen LogP contribution in [0.3, 0.4) is 0 Å². The lowest BCUT2D eigenvalue weighted by Gasteiger charge is -2.03. The molecule has 6 heteroatoms. The molecule has 78 valence electrons. The molecular formula is C8H14N4O2. The van der Waals surface area contributed by atoms with Crippen LogP contribution in [-0.2, 0) is 22.6 Å². The van der Waals surface area contributed by atoms with E-state index in [9.17, 15) is 4.79 Å². The molecule has 0 saturated heterocycles. The molecule has 6 nitrogen and oxygen atoms in total. The van der Waals surface area contributed by atoms with E-state index < -0.39 is 0 Å². The molecule has 0 fully saturated rings. The number of hydrogen-bond donors (Lipinski definition) is 1. The zero-order valence-corrected chi connectivity index (χ0v) is 8.36. The second-order valence-electron chi connectivity index (χ2n) is 2.71. The Morgan fingerprint density at radius 3 is 3.14 bits per heavy atom. The van der Waals surface area contributed by atoms with Crippen LogP contribution < -0.4 is 5.32 Å². The van der Waals surface area contributed by atoms with Crippen LogP contribution in [0.5, 0.6) is 0 Å².